The van der Waals surface area contributed by atoms with Gasteiger partial charge in [-0.25, -0.2) is 4.79 Å². The van der Waals surface area contributed by atoms with Crippen molar-refractivity contribution in [1.29, 1.82) is 0 Å². The Balaban J connectivity index is 2.30. The highest BCUT2D eigenvalue weighted by atomic mass is 16.3. The minimum Gasteiger partial charge on any atom is -0.396 e. The molecule has 0 spiro atoms. The lowest BCUT2D eigenvalue weighted by atomic mass is 10.1. The van der Waals surface area contributed by atoms with Gasteiger partial charge in [-0.3, -0.25) is 4.79 Å². The number of ketones is 1. The summed E-state index contributed by atoms with van der Waals surface area (Å²) in [4.78, 5) is 22.6. The number of aliphatic hydroxyl groups is 1. The lowest BCUT2D eigenvalue weighted by Crippen LogP contribution is -2.29. The Morgan fingerprint density at radius 2 is 1.79 bits per heavy atom. The Kier molecular flexibility index (Phi) is 6.60. The molecule has 0 radical (unpaired) electrons. The molecular formula is C14H20N2O3. The van der Waals surface area contributed by atoms with E-state index in [0.717, 1.165) is 19.3 Å². The van der Waals surface area contributed by atoms with E-state index in [0.29, 0.717) is 17.8 Å². The normalized spacial score (nSPS) is 10.0. The van der Waals surface area contributed by atoms with Crippen LogP contribution in [0.3, 0.4) is 0 Å². The van der Waals surface area contributed by atoms with E-state index in [1.807, 2.05) is 0 Å². The predicted molar refractivity (Wildman–Crippen MR) is 74.4 cm³/mol. The van der Waals surface area contributed by atoms with Crippen LogP contribution in [0, 0.1) is 0 Å². The fourth-order valence-electron chi connectivity index (χ4n) is 1.58. The van der Waals surface area contributed by atoms with E-state index in [4.69, 9.17) is 5.11 Å². The molecule has 0 bridgehead atoms. The maximum Gasteiger partial charge on any atom is 0.319 e. The first-order valence-electron chi connectivity index (χ1n) is 6.40. The SMILES string of the molecule is CC(=O)c1ccc(NC(=O)NCCCCCO)cc1. The number of rotatable bonds is 7. The first kappa shape index (κ1) is 15.2. The Bertz CT molecular complexity index is 415. The molecular weight excluding hydrogens is 244 g/mol. The van der Waals surface area contributed by atoms with E-state index in [1.54, 1.807) is 24.3 Å². The van der Waals surface area contributed by atoms with Gasteiger partial charge in [-0.2, -0.15) is 0 Å². The fourth-order valence-corrected chi connectivity index (χ4v) is 1.58. The van der Waals surface area contributed by atoms with Crippen molar-refractivity contribution in [2.75, 3.05) is 18.5 Å². The minimum absolute atomic E-state index is 0.000107. The molecule has 0 atom stereocenters. The number of unbranched alkanes of at least 4 members (excludes halogenated alkanes) is 2. The third-order valence-electron chi connectivity index (χ3n) is 2.67. The second-order valence-electron chi connectivity index (χ2n) is 4.30. The average Bonchev–Trinajstić information content (AvgIpc) is 2.39. The number of carbonyl (C=O) groups is 2. The van der Waals surface area contributed by atoms with E-state index >= 15 is 0 Å². The maximum atomic E-state index is 11.5. The number of nitrogens with one attached hydrogen (secondary N) is 2. The largest absolute Gasteiger partial charge is 0.396 e. The molecule has 19 heavy (non-hydrogen) atoms. The zero-order chi connectivity index (χ0) is 14.1. The van der Waals surface area contributed by atoms with Crippen LogP contribution in [0.15, 0.2) is 24.3 Å². The topological polar surface area (TPSA) is 78.4 Å². The molecule has 1 aromatic carbocycles. The summed E-state index contributed by atoms with van der Waals surface area (Å²) in [5.74, 6) is -0.000107. The third kappa shape index (κ3) is 6.01. The summed E-state index contributed by atoms with van der Waals surface area (Å²) in [6.07, 6.45) is 2.50. The molecule has 1 aromatic rings. The van der Waals surface area contributed by atoms with Crippen molar-refractivity contribution in [3.63, 3.8) is 0 Å². The minimum atomic E-state index is -0.264. The molecule has 0 saturated heterocycles. The van der Waals surface area contributed by atoms with Gasteiger partial charge in [0.15, 0.2) is 5.78 Å². The number of aliphatic hydroxyl groups excluding tert-OH is 1. The highest BCUT2D eigenvalue weighted by molar-refractivity contribution is 5.95. The van der Waals surface area contributed by atoms with Gasteiger partial charge in [0.25, 0.3) is 0 Å². The van der Waals surface area contributed by atoms with Crippen molar-refractivity contribution in [2.45, 2.75) is 26.2 Å². The van der Waals surface area contributed by atoms with Crippen LogP contribution in [0.5, 0.6) is 0 Å². The van der Waals surface area contributed by atoms with E-state index < -0.39 is 0 Å². The van der Waals surface area contributed by atoms with Crippen molar-refractivity contribution in [3.05, 3.63) is 29.8 Å². The first-order chi connectivity index (χ1) is 9.13. The second kappa shape index (κ2) is 8.26. The summed E-state index contributed by atoms with van der Waals surface area (Å²) >= 11 is 0. The summed E-state index contributed by atoms with van der Waals surface area (Å²) in [6, 6.07) is 6.49. The lowest BCUT2D eigenvalue weighted by Gasteiger charge is -2.07. The monoisotopic (exact) mass is 264 g/mol. The summed E-state index contributed by atoms with van der Waals surface area (Å²) in [5, 5.41) is 14.0. The summed E-state index contributed by atoms with van der Waals surface area (Å²) in [6.45, 7) is 2.27. The lowest BCUT2D eigenvalue weighted by molar-refractivity contribution is 0.101. The van der Waals surface area contributed by atoms with Crippen molar-refractivity contribution in [3.8, 4) is 0 Å². The van der Waals surface area contributed by atoms with Crippen LogP contribution < -0.4 is 10.6 Å². The highest BCUT2D eigenvalue weighted by Crippen LogP contribution is 2.09. The van der Waals surface area contributed by atoms with Gasteiger partial charge in [0, 0.05) is 24.4 Å². The van der Waals surface area contributed by atoms with Crippen LogP contribution in [0.1, 0.15) is 36.5 Å². The van der Waals surface area contributed by atoms with Crippen LogP contribution in [-0.2, 0) is 0 Å². The molecule has 0 aromatic heterocycles. The van der Waals surface area contributed by atoms with Crippen molar-refractivity contribution >= 4 is 17.5 Å². The zero-order valence-electron chi connectivity index (χ0n) is 11.1. The van der Waals surface area contributed by atoms with Gasteiger partial charge in [0.05, 0.1) is 0 Å². The smallest absolute Gasteiger partial charge is 0.319 e. The molecule has 0 aliphatic rings. The van der Waals surface area contributed by atoms with E-state index in [1.165, 1.54) is 6.92 Å². The number of urea groups is 1. The van der Waals surface area contributed by atoms with Gasteiger partial charge in [-0.15, -0.1) is 0 Å². The molecule has 5 heteroatoms. The molecule has 1 rings (SSSR count). The Hall–Kier alpha value is -1.88. The van der Waals surface area contributed by atoms with Gasteiger partial charge in [0.2, 0.25) is 0 Å². The molecule has 2 amide bonds. The predicted octanol–water partition coefficient (Wildman–Crippen LogP) is 2.17. The number of Topliss-reactive ketones (excluding diaryl/α,β-unsaturated/α-hetero) is 1. The standard InChI is InChI=1S/C14H20N2O3/c1-11(18)12-5-7-13(8-6-12)16-14(19)15-9-3-2-4-10-17/h5-8,17H,2-4,9-10H2,1H3,(H2,15,16,19). The number of carbonyl (C=O) groups excluding carboxylic acids is 2. The van der Waals surface area contributed by atoms with Crippen LogP contribution in [0.4, 0.5) is 10.5 Å². The first-order valence-corrected chi connectivity index (χ1v) is 6.40. The molecule has 0 fully saturated rings. The van der Waals surface area contributed by atoms with E-state index in [-0.39, 0.29) is 18.4 Å². The van der Waals surface area contributed by atoms with Crippen molar-refractivity contribution in [2.24, 2.45) is 0 Å². The molecule has 0 heterocycles. The van der Waals surface area contributed by atoms with Gasteiger partial charge in [-0.05, 0) is 50.5 Å². The van der Waals surface area contributed by atoms with Crippen LogP contribution in [0.2, 0.25) is 0 Å². The summed E-state index contributed by atoms with van der Waals surface area (Å²) in [5.41, 5.74) is 1.27. The number of benzene rings is 1. The number of hydrogen-bond acceptors (Lipinski definition) is 3. The Morgan fingerprint density at radius 1 is 1.11 bits per heavy atom. The van der Waals surface area contributed by atoms with Gasteiger partial charge < -0.3 is 15.7 Å². The number of amides is 2. The Labute approximate surface area is 113 Å². The Morgan fingerprint density at radius 3 is 2.37 bits per heavy atom. The van der Waals surface area contributed by atoms with E-state index in [2.05, 4.69) is 10.6 Å². The van der Waals surface area contributed by atoms with Crippen LogP contribution in [-0.4, -0.2) is 30.1 Å². The molecule has 0 aliphatic carbocycles. The van der Waals surface area contributed by atoms with Gasteiger partial charge in [-0.1, -0.05) is 0 Å². The fraction of sp³-hybridized carbons (Fsp3) is 0.429. The number of hydrogen-bond donors (Lipinski definition) is 3. The zero-order valence-corrected chi connectivity index (χ0v) is 11.1. The third-order valence-corrected chi connectivity index (χ3v) is 2.67. The summed E-state index contributed by atoms with van der Waals surface area (Å²) < 4.78 is 0. The molecule has 0 saturated carbocycles. The maximum absolute atomic E-state index is 11.5. The van der Waals surface area contributed by atoms with Crippen LogP contribution >= 0.6 is 0 Å². The molecule has 5 nitrogen and oxygen atoms in total. The second-order valence-corrected chi connectivity index (χ2v) is 4.30. The molecule has 0 unspecified atom stereocenters. The molecule has 0 aliphatic heterocycles. The number of anilines is 1. The summed E-state index contributed by atoms with van der Waals surface area (Å²) in [7, 11) is 0. The van der Waals surface area contributed by atoms with Crippen LogP contribution in [0.25, 0.3) is 0 Å². The molecule has 104 valence electrons. The van der Waals surface area contributed by atoms with Crippen molar-refractivity contribution in [1.82, 2.24) is 5.32 Å². The quantitative estimate of drug-likeness (QED) is 0.521. The average molecular weight is 264 g/mol. The van der Waals surface area contributed by atoms with Crippen molar-refractivity contribution < 1.29 is 14.7 Å². The van der Waals surface area contributed by atoms with Gasteiger partial charge in [0.1, 0.15) is 0 Å². The molecule has 3 N–H and O–H groups in total. The highest BCUT2D eigenvalue weighted by Gasteiger charge is 2.02. The van der Waals surface area contributed by atoms with E-state index in [9.17, 15) is 9.59 Å². The van der Waals surface area contributed by atoms with Gasteiger partial charge >= 0.3 is 6.03 Å².